The zero-order valence-corrected chi connectivity index (χ0v) is 21.1. The molecule has 10 heteroatoms. The maximum atomic E-state index is 13.2. The predicted molar refractivity (Wildman–Crippen MR) is 144 cm³/mol. The maximum absolute atomic E-state index is 13.2. The van der Waals surface area contributed by atoms with Crippen LogP contribution in [0.2, 0.25) is 10.0 Å². The van der Waals surface area contributed by atoms with E-state index in [0.29, 0.717) is 21.9 Å². The molecule has 0 bridgehead atoms. The fourth-order valence-electron chi connectivity index (χ4n) is 3.27. The second-order valence-electron chi connectivity index (χ2n) is 7.64. The number of nitrogens with zero attached hydrogens (tertiary/aromatic N) is 1. The lowest BCUT2D eigenvalue weighted by atomic mass is 9.96. The Morgan fingerprint density at radius 1 is 1.00 bits per heavy atom. The van der Waals surface area contributed by atoms with Crippen LogP contribution < -0.4 is 10.1 Å². The van der Waals surface area contributed by atoms with Gasteiger partial charge in [0.1, 0.15) is 11.6 Å². The van der Waals surface area contributed by atoms with Gasteiger partial charge in [0.25, 0.3) is 5.91 Å². The number of carbonyl (C=O) groups is 3. The summed E-state index contributed by atoms with van der Waals surface area (Å²) in [5.41, 5.74) is 1.77. The topological polar surface area (TPSA) is 118 Å². The molecular formula is C27H27Cl2N3O5. The molecule has 37 heavy (non-hydrogen) atoms. The molecule has 3 aromatic rings. The second kappa shape index (κ2) is 13.5. The molecule has 2 N–H and O–H groups in total. The van der Waals surface area contributed by atoms with Crippen LogP contribution in [-0.4, -0.2) is 41.6 Å². The van der Waals surface area contributed by atoms with Gasteiger partial charge in [-0.15, -0.1) is 0 Å². The Kier molecular flexibility index (Phi) is 10.8. The van der Waals surface area contributed by atoms with Crippen molar-refractivity contribution in [2.75, 3.05) is 18.5 Å². The monoisotopic (exact) mass is 543 g/mol. The van der Waals surface area contributed by atoms with Crippen LogP contribution in [-0.2, 0) is 16.0 Å². The van der Waals surface area contributed by atoms with Crippen LogP contribution in [0.1, 0.15) is 53.1 Å². The molecule has 0 saturated heterocycles. The van der Waals surface area contributed by atoms with Crippen molar-refractivity contribution in [2.45, 2.75) is 27.7 Å². The number of Topliss-reactive ketones (excluding diaryl/α,β-unsaturated/α-hetero) is 1. The summed E-state index contributed by atoms with van der Waals surface area (Å²) < 4.78 is 10.5. The lowest BCUT2D eigenvalue weighted by Crippen LogP contribution is -2.20. The minimum atomic E-state index is -0.608. The molecule has 0 aliphatic heterocycles. The van der Waals surface area contributed by atoms with Crippen LogP contribution in [0.15, 0.2) is 54.7 Å². The summed E-state index contributed by atoms with van der Waals surface area (Å²) in [6, 6.07) is 12.5. The van der Waals surface area contributed by atoms with Crippen molar-refractivity contribution in [1.29, 1.82) is 5.41 Å². The number of amides is 1. The number of hydrogen-bond acceptors (Lipinski definition) is 7. The van der Waals surface area contributed by atoms with Crippen molar-refractivity contribution < 1.29 is 23.9 Å². The summed E-state index contributed by atoms with van der Waals surface area (Å²) in [6.07, 6.45) is 1.17. The first kappa shape index (κ1) is 29.5. The zero-order chi connectivity index (χ0) is 26.2. The molecule has 0 spiro atoms. The molecule has 3 rings (SSSR count). The minimum Gasteiger partial charge on any atom is -0.482 e. The number of ketones is 1. The number of anilines is 1. The fraction of sp³-hybridized carbons (Fsp3) is 0.222. The van der Waals surface area contributed by atoms with E-state index in [1.807, 2.05) is 0 Å². The predicted octanol–water partition coefficient (Wildman–Crippen LogP) is 6.03. The van der Waals surface area contributed by atoms with Gasteiger partial charge in [-0.1, -0.05) is 54.9 Å². The first-order valence-corrected chi connectivity index (χ1v) is 11.7. The third-order valence-corrected chi connectivity index (χ3v) is 5.46. The molecule has 0 aliphatic carbocycles. The lowest BCUT2D eigenvalue weighted by molar-refractivity contribution is -0.145. The van der Waals surface area contributed by atoms with E-state index in [-0.39, 0.29) is 54.0 Å². The van der Waals surface area contributed by atoms with Gasteiger partial charge >= 0.3 is 5.97 Å². The number of hydrogen-bond donors (Lipinski definition) is 2. The Morgan fingerprint density at radius 3 is 2.27 bits per heavy atom. The molecule has 8 nitrogen and oxygen atoms in total. The van der Waals surface area contributed by atoms with Crippen LogP contribution >= 0.6 is 23.2 Å². The summed E-state index contributed by atoms with van der Waals surface area (Å²) in [6.45, 7) is 3.07. The first-order chi connectivity index (χ1) is 17.2. The largest absolute Gasteiger partial charge is 0.482 e. The van der Waals surface area contributed by atoms with Crippen molar-refractivity contribution >= 4 is 52.4 Å². The SMILES string of the molecule is C.CCOC(=O)COc1cc(Cl)cc(C(=O)Nc2ccc(Cl)cn2)c1CC(=O)c1ccc(C(C)=N)cc1. The van der Waals surface area contributed by atoms with E-state index in [1.54, 1.807) is 44.2 Å². The Hall–Kier alpha value is -3.75. The van der Waals surface area contributed by atoms with Crippen LogP contribution in [0.4, 0.5) is 5.82 Å². The van der Waals surface area contributed by atoms with Crippen LogP contribution in [0.25, 0.3) is 0 Å². The number of aromatic nitrogens is 1. The highest BCUT2D eigenvalue weighted by atomic mass is 35.5. The summed E-state index contributed by atoms with van der Waals surface area (Å²) >= 11 is 12.1. The number of carbonyl (C=O) groups excluding carboxylic acids is 3. The third-order valence-electron chi connectivity index (χ3n) is 5.02. The second-order valence-corrected chi connectivity index (χ2v) is 8.51. The van der Waals surface area contributed by atoms with Gasteiger partial charge in [0, 0.05) is 40.0 Å². The molecule has 0 unspecified atom stereocenters. The van der Waals surface area contributed by atoms with Crippen molar-refractivity contribution in [3.8, 4) is 5.75 Å². The van der Waals surface area contributed by atoms with Crippen LogP contribution in [0.5, 0.6) is 5.75 Å². The molecule has 1 heterocycles. The number of benzene rings is 2. The van der Waals surface area contributed by atoms with Gasteiger partial charge in [-0.05, 0) is 43.7 Å². The molecule has 0 radical (unpaired) electrons. The van der Waals surface area contributed by atoms with Crippen molar-refractivity contribution in [3.63, 3.8) is 0 Å². The minimum absolute atomic E-state index is 0. The van der Waals surface area contributed by atoms with E-state index in [0.717, 1.165) is 0 Å². The first-order valence-electron chi connectivity index (χ1n) is 10.9. The molecule has 0 saturated carbocycles. The van der Waals surface area contributed by atoms with Crippen LogP contribution in [0, 0.1) is 5.41 Å². The molecule has 0 fully saturated rings. The van der Waals surface area contributed by atoms with Crippen molar-refractivity contribution in [3.05, 3.63) is 87.0 Å². The Bertz CT molecular complexity index is 1290. The Balaban J connectivity index is 0.00000481. The van der Waals surface area contributed by atoms with E-state index >= 15 is 0 Å². The maximum Gasteiger partial charge on any atom is 0.344 e. The van der Waals surface area contributed by atoms with Crippen LogP contribution in [0.3, 0.4) is 0 Å². The Labute approximate surface area is 225 Å². The number of esters is 1. The fourth-order valence-corrected chi connectivity index (χ4v) is 3.59. The molecular weight excluding hydrogens is 517 g/mol. The summed E-state index contributed by atoms with van der Waals surface area (Å²) in [4.78, 5) is 42.3. The quantitative estimate of drug-likeness (QED) is 0.183. The molecule has 0 aliphatic rings. The summed E-state index contributed by atoms with van der Waals surface area (Å²) in [5.74, 6) is -1.14. The zero-order valence-electron chi connectivity index (χ0n) is 19.6. The molecule has 194 valence electrons. The number of halogens is 2. The van der Waals surface area contributed by atoms with Gasteiger partial charge in [-0.25, -0.2) is 9.78 Å². The average Bonchev–Trinajstić information content (AvgIpc) is 2.85. The average molecular weight is 544 g/mol. The smallest absolute Gasteiger partial charge is 0.344 e. The number of ether oxygens (including phenoxy) is 2. The van der Waals surface area contributed by atoms with E-state index in [9.17, 15) is 14.4 Å². The highest BCUT2D eigenvalue weighted by Crippen LogP contribution is 2.30. The lowest BCUT2D eigenvalue weighted by Gasteiger charge is -2.16. The van der Waals surface area contributed by atoms with Gasteiger partial charge in [0.05, 0.1) is 11.6 Å². The standard InChI is InChI=1S/C26H23Cl2N3O5.CH4/c1-3-35-25(33)14-36-23-11-19(28)10-21(26(34)31-24-9-8-18(27)13-30-24)20(23)12-22(32)17-6-4-16(5-7-17)15(2)29;/h4-11,13,29H,3,12,14H2,1-2H3,(H,30,31,34);1H4. The van der Waals surface area contributed by atoms with Crippen molar-refractivity contribution in [2.24, 2.45) is 0 Å². The molecule has 1 amide bonds. The van der Waals surface area contributed by atoms with E-state index in [1.165, 1.54) is 24.4 Å². The van der Waals surface area contributed by atoms with Gasteiger partial charge in [-0.3, -0.25) is 9.59 Å². The van der Waals surface area contributed by atoms with Gasteiger partial charge in [-0.2, -0.15) is 0 Å². The normalized spacial score (nSPS) is 10.2. The van der Waals surface area contributed by atoms with E-state index < -0.39 is 18.5 Å². The highest BCUT2D eigenvalue weighted by molar-refractivity contribution is 6.31. The number of pyridine rings is 1. The van der Waals surface area contributed by atoms with Gasteiger partial charge < -0.3 is 20.2 Å². The Morgan fingerprint density at radius 2 is 1.68 bits per heavy atom. The number of rotatable bonds is 10. The molecule has 1 aromatic heterocycles. The third kappa shape index (κ3) is 8.13. The molecule has 2 aromatic carbocycles. The van der Waals surface area contributed by atoms with Gasteiger partial charge in [0.2, 0.25) is 0 Å². The summed E-state index contributed by atoms with van der Waals surface area (Å²) in [7, 11) is 0. The van der Waals surface area contributed by atoms with Gasteiger partial charge in [0.15, 0.2) is 12.4 Å². The van der Waals surface area contributed by atoms with E-state index in [2.05, 4.69) is 10.3 Å². The highest BCUT2D eigenvalue weighted by Gasteiger charge is 2.22. The number of nitrogens with one attached hydrogen (secondary N) is 2. The summed E-state index contributed by atoms with van der Waals surface area (Å²) in [5, 5.41) is 10.9. The van der Waals surface area contributed by atoms with E-state index in [4.69, 9.17) is 38.1 Å². The van der Waals surface area contributed by atoms with Crippen molar-refractivity contribution in [1.82, 2.24) is 4.98 Å². The molecule has 0 atom stereocenters.